The molecule has 7 heteroatoms. The minimum absolute atomic E-state index is 0.0959. The summed E-state index contributed by atoms with van der Waals surface area (Å²) in [6.45, 7) is 1.52. The van der Waals surface area contributed by atoms with Crippen LogP contribution in [0.3, 0.4) is 0 Å². The van der Waals surface area contributed by atoms with E-state index in [1.54, 1.807) is 19.2 Å². The molecule has 6 nitrogen and oxygen atoms in total. The topological polar surface area (TPSA) is 67.3 Å². The van der Waals surface area contributed by atoms with E-state index in [2.05, 4.69) is 15.5 Å². The smallest absolute Gasteiger partial charge is 0.244 e. The summed E-state index contributed by atoms with van der Waals surface area (Å²) in [4.78, 5) is 13.6. The van der Waals surface area contributed by atoms with Crippen molar-refractivity contribution in [2.45, 2.75) is 6.04 Å². The molecule has 0 aliphatic carbocycles. The van der Waals surface area contributed by atoms with Crippen molar-refractivity contribution in [2.75, 3.05) is 31.7 Å². The number of anilines is 1. The third-order valence-corrected chi connectivity index (χ3v) is 2.79. The highest BCUT2D eigenvalue weighted by Crippen LogP contribution is 2.17. The van der Waals surface area contributed by atoms with Gasteiger partial charge in [0.05, 0.1) is 13.2 Å². The van der Waals surface area contributed by atoms with E-state index in [4.69, 9.17) is 16.3 Å². The summed E-state index contributed by atoms with van der Waals surface area (Å²) in [7, 11) is 1.60. The molecule has 1 aliphatic heterocycles. The molecule has 1 aromatic heterocycles. The number of nitrogens with zero attached hydrogens (tertiary/aromatic N) is 3. The predicted octanol–water partition coefficient (Wildman–Crippen LogP) is 0.0812. The molecule has 1 fully saturated rings. The summed E-state index contributed by atoms with van der Waals surface area (Å²) < 4.78 is 5.30. The Morgan fingerprint density at radius 2 is 2.41 bits per heavy atom. The van der Waals surface area contributed by atoms with E-state index in [0.29, 0.717) is 30.7 Å². The van der Waals surface area contributed by atoms with Gasteiger partial charge in [-0.05, 0) is 12.1 Å². The summed E-state index contributed by atoms with van der Waals surface area (Å²) in [6, 6.07) is 3.03. The standard InChI is InChI=1S/C10H13ClN4O2/c1-12-10(16)7-6-17-5-4-15(7)9-3-2-8(11)13-14-9/h2-3,7H,4-6H2,1H3,(H,12,16). The van der Waals surface area contributed by atoms with E-state index >= 15 is 0 Å². The average molecular weight is 257 g/mol. The Morgan fingerprint density at radius 3 is 3.06 bits per heavy atom. The number of rotatable bonds is 2. The molecule has 0 radical (unpaired) electrons. The summed E-state index contributed by atoms with van der Waals surface area (Å²) in [5.41, 5.74) is 0. The molecule has 2 rings (SSSR count). The van der Waals surface area contributed by atoms with Crippen LogP contribution in [0, 0.1) is 0 Å². The first kappa shape index (κ1) is 12.1. The van der Waals surface area contributed by atoms with Gasteiger partial charge in [0.25, 0.3) is 0 Å². The van der Waals surface area contributed by atoms with Gasteiger partial charge in [-0.2, -0.15) is 0 Å². The summed E-state index contributed by atoms with van der Waals surface area (Å²) in [6.07, 6.45) is 0. The van der Waals surface area contributed by atoms with Crippen molar-refractivity contribution in [3.8, 4) is 0 Å². The summed E-state index contributed by atoms with van der Waals surface area (Å²) >= 11 is 5.68. The van der Waals surface area contributed by atoms with Gasteiger partial charge in [0.2, 0.25) is 5.91 Å². The summed E-state index contributed by atoms with van der Waals surface area (Å²) in [5.74, 6) is 0.535. The van der Waals surface area contributed by atoms with Crippen LogP contribution in [0.15, 0.2) is 12.1 Å². The number of hydrogen-bond donors (Lipinski definition) is 1. The van der Waals surface area contributed by atoms with Crippen LogP contribution >= 0.6 is 11.6 Å². The molecule has 1 saturated heterocycles. The largest absolute Gasteiger partial charge is 0.377 e. The molecule has 2 heterocycles. The second kappa shape index (κ2) is 5.29. The first-order valence-corrected chi connectivity index (χ1v) is 5.65. The number of nitrogens with one attached hydrogen (secondary N) is 1. The Hall–Kier alpha value is -1.40. The molecule has 1 N–H and O–H groups in total. The molecule has 17 heavy (non-hydrogen) atoms. The molecule has 0 spiro atoms. The van der Waals surface area contributed by atoms with E-state index in [1.807, 2.05) is 4.90 Å². The van der Waals surface area contributed by atoms with Crippen molar-refractivity contribution in [3.05, 3.63) is 17.3 Å². The fourth-order valence-corrected chi connectivity index (χ4v) is 1.82. The number of ether oxygens (including phenoxy) is 1. The molecule has 1 aromatic rings. The Morgan fingerprint density at radius 1 is 1.59 bits per heavy atom. The van der Waals surface area contributed by atoms with Crippen molar-refractivity contribution < 1.29 is 9.53 Å². The van der Waals surface area contributed by atoms with Gasteiger partial charge < -0.3 is 15.0 Å². The zero-order chi connectivity index (χ0) is 12.3. The lowest BCUT2D eigenvalue weighted by atomic mass is 10.2. The van der Waals surface area contributed by atoms with Gasteiger partial charge in [-0.1, -0.05) is 11.6 Å². The SMILES string of the molecule is CNC(=O)C1COCCN1c1ccc(Cl)nn1. The van der Waals surface area contributed by atoms with E-state index in [-0.39, 0.29) is 11.9 Å². The third kappa shape index (κ3) is 2.65. The van der Waals surface area contributed by atoms with Gasteiger partial charge in [0.1, 0.15) is 6.04 Å². The van der Waals surface area contributed by atoms with Crippen LogP contribution in [0.25, 0.3) is 0 Å². The first-order valence-electron chi connectivity index (χ1n) is 5.27. The number of carbonyl (C=O) groups is 1. The molecule has 0 saturated carbocycles. The van der Waals surface area contributed by atoms with Gasteiger partial charge in [-0.15, -0.1) is 10.2 Å². The van der Waals surface area contributed by atoms with Gasteiger partial charge in [-0.25, -0.2) is 0 Å². The van der Waals surface area contributed by atoms with Gasteiger partial charge >= 0.3 is 0 Å². The maximum atomic E-state index is 11.7. The van der Waals surface area contributed by atoms with E-state index in [9.17, 15) is 4.79 Å². The number of morpholine rings is 1. The number of amides is 1. The van der Waals surface area contributed by atoms with Crippen LogP contribution in [0.4, 0.5) is 5.82 Å². The van der Waals surface area contributed by atoms with Gasteiger partial charge in [-0.3, -0.25) is 4.79 Å². The average Bonchev–Trinajstić information content (AvgIpc) is 2.39. The molecule has 1 atom stereocenters. The molecular formula is C10H13ClN4O2. The molecule has 92 valence electrons. The highest BCUT2D eigenvalue weighted by Gasteiger charge is 2.29. The maximum absolute atomic E-state index is 11.7. The molecule has 1 amide bonds. The lowest BCUT2D eigenvalue weighted by Crippen LogP contribution is -2.53. The molecule has 1 unspecified atom stereocenters. The van der Waals surface area contributed by atoms with Crippen LogP contribution < -0.4 is 10.2 Å². The predicted molar refractivity (Wildman–Crippen MR) is 63.1 cm³/mol. The molecule has 0 aromatic carbocycles. The minimum atomic E-state index is -0.371. The van der Waals surface area contributed by atoms with E-state index in [0.717, 1.165) is 0 Å². The lowest BCUT2D eigenvalue weighted by Gasteiger charge is -2.34. The van der Waals surface area contributed by atoms with Crippen LogP contribution in [0.2, 0.25) is 5.15 Å². The van der Waals surface area contributed by atoms with Crippen LogP contribution in [0.1, 0.15) is 0 Å². The first-order chi connectivity index (χ1) is 8.22. The van der Waals surface area contributed by atoms with Gasteiger partial charge in [0, 0.05) is 13.6 Å². The number of halogens is 1. The zero-order valence-electron chi connectivity index (χ0n) is 9.39. The van der Waals surface area contributed by atoms with Crippen molar-refractivity contribution >= 4 is 23.3 Å². The number of aromatic nitrogens is 2. The van der Waals surface area contributed by atoms with E-state index < -0.39 is 0 Å². The fraction of sp³-hybridized carbons (Fsp3) is 0.500. The Bertz CT molecular complexity index is 398. The normalized spacial score (nSPS) is 20.1. The minimum Gasteiger partial charge on any atom is -0.377 e. The number of carbonyl (C=O) groups excluding carboxylic acids is 1. The second-order valence-electron chi connectivity index (χ2n) is 3.61. The molecular weight excluding hydrogens is 244 g/mol. The zero-order valence-corrected chi connectivity index (χ0v) is 10.1. The Kier molecular flexibility index (Phi) is 3.75. The fourth-order valence-electron chi connectivity index (χ4n) is 1.72. The van der Waals surface area contributed by atoms with Crippen LogP contribution in [0.5, 0.6) is 0 Å². The highest BCUT2D eigenvalue weighted by atomic mass is 35.5. The van der Waals surface area contributed by atoms with Crippen molar-refractivity contribution in [1.29, 1.82) is 0 Å². The van der Waals surface area contributed by atoms with Crippen molar-refractivity contribution in [1.82, 2.24) is 15.5 Å². The third-order valence-electron chi connectivity index (χ3n) is 2.59. The molecule has 0 bridgehead atoms. The van der Waals surface area contributed by atoms with Crippen LogP contribution in [-0.4, -0.2) is 49.0 Å². The number of likely N-dealkylation sites (N-methyl/N-ethyl adjacent to an activating group) is 1. The lowest BCUT2D eigenvalue weighted by molar-refractivity contribution is -0.124. The van der Waals surface area contributed by atoms with Crippen molar-refractivity contribution in [2.24, 2.45) is 0 Å². The Balaban J connectivity index is 2.21. The van der Waals surface area contributed by atoms with E-state index in [1.165, 1.54) is 0 Å². The quantitative estimate of drug-likeness (QED) is 0.812. The second-order valence-corrected chi connectivity index (χ2v) is 4.00. The highest BCUT2D eigenvalue weighted by molar-refractivity contribution is 6.29. The maximum Gasteiger partial charge on any atom is 0.244 e. The van der Waals surface area contributed by atoms with Crippen LogP contribution in [-0.2, 0) is 9.53 Å². The monoisotopic (exact) mass is 256 g/mol. The molecule has 1 aliphatic rings. The number of hydrogen-bond acceptors (Lipinski definition) is 5. The Labute approximate surface area is 104 Å². The van der Waals surface area contributed by atoms with Gasteiger partial charge in [0.15, 0.2) is 11.0 Å². The summed E-state index contributed by atoms with van der Waals surface area (Å²) in [5, 5.41) is 10.7. The van der Waals surface area contributed by atoms with Crippen molar-refractivity contribution in [3.63, 3.8) is 0 Å².